The summed E-state index contributed by atoms with van der Waals surface area (Å²) in [5.41, 5.74) is 1.36. The zero-order valence-corrected chi connectivity index (χ0v) is 17.2. The molecule has 11 heteroatoms. The van der Waals surface area contributed by atoms with Crippen molar-refractivity contribution in [2.45, 2.75) is 6.36 Å². The van der Waals surface area contributed by atoms with Crippen LogP contribution in [0.4, 0.5) is 30.6 Å². The molecule has 0 radical (unpaired) electrons. The van der Waals surface area contributed by atoms with Gasteiger partial charge in [0.25, 0.3) is 0 Å². The number of alkyl halides is 3. The number of ether oxygens (including phenoxy) is 3. The van der Waals surface area contributed by atoms with Crippen LogP contribution in [0.1, 0.15) is 0 Å². The third-order valence-corrected chi connectivity index (χ3v) is 4.14. The lowest BCUT2D eigenvalue weighted by Crippen LogP contribution is -2.17. The fourth-order valence-electron chi connectivity index (χ4n) is 2.82. The van der Waals surface area contributed by atoms with Crippen LogP contribution in [-0.4, -0.2) is 48.8 Å². The van der Waals surface area contributed by atoms with E-state index in [1.54, 1.807) is 30.3 Å². The highest BCUT2D eigenvalue weighted by molar-refractivity contribution is 5.69. The van der Waals surface area contributed by atoms with E-state index >= 15 is 0 Å². The average molecular weight is 450 g/mol. The van der Waals surface area contributed by atoms with Gasteiger partial charge >= 0.3 is 6.36 Å². The molecular weight excluding hydrogens is 429 g/mol. The summed E-state index contributed by atoms with van der Waals surface area (Å²) in [5.74, 6) is 1.23. The van der Waals surface area contributed by atoms with Gasteiger partial charge in [0.1, 0.15) is 11.6 Å². The SMILES string of the molecule is COc1ccc(Nc2cc(-c3cccc(OC(F)(F)F)c3)nc(NCCO)n2)cc1OC. The number of anilines is 3. The number of methoxy groups -OCH3 is 2. The molecule has 0 aliphatic rings. The smallest absolute Gasteiger partial charge is 0.493 e. The maximum absolute atomic E-state index is 12.6. The summed E-state index contributed by atoms with van der Waals surface area (Å²) >= 11 is 0. The van der Waals surface area contributed by atoms with Crippen molar-refractivity contribution in [1.82, 2.24) is 9.97 Å². The highest BCUT2D eigenvalue weighted by Gasteiger charge is 2.31. The predicted molar refractivity (Wildman–Crippen MR) is 113 cm³/mol. The molecule has 32 heavy (non-hydrogen) atoms. The first-order chi connectivity index (χ1) is 15.3. The van der Waals surface area contributed by atoms with Crippen LogP contribution >= 0.6 is 0 Å². The maximum atomic E-state index is 12.6. The summed E-state index contributed by atoms with van der Waals surface area (Å²) < 4.78 is 52.3. The fraction of sp³-hybridized carbons (Fsp3) is 0.238. The molecule has 1 heterocycles. The molecule has 3 rings (SSSR count). The number of aliphatic hydroxyl groups is 1. The van der Waals surface area contributed by atoms with E-state index in [-0.39, 0.29) is 24.8 Å². The van der Waals surface area contributed by atoms with Crippen LogP contribution in [0.3, 0.4) is 0 Å². The summed E-state index contributed by atoms with van der Waals surface area (Å²) in [4.78, 5) is 8.67. The zero-order valence-electron chi connectivity index (χ0n) is 17.2. The third kappa shape index (κ3) is 6.14. The van der Waals surface area contributed by atoms with Crippen molar-refractivity contribution in [1.29, 1.82) is 0 Å². The van der Waals surface area contributed by atoms with Crippen LogP contribution in [-0.2, 0) is 0 Å². The number of aliphatic hydroxyl groups excluding tert-OH is 1. The lowest BCUT2D eigenvalue weighted by molar-refractivity contribution is -0.274. The van der Waals surface area contributed by atoms with Gasteiger partial charge in [0, 0.05) is 29.9 Å². The molecule has 0 bridgehead atoms. The van der Waals surface area contributed by atoms with E-state index in [0.717, 1.165) is 0 Å². The molecule has 0 fully saturated rings. The Morgan fingerprint density at radius 3 is 2.44 bits per heavy atom. The van der Waals surface area contributed by atoms with Gasteiger partial charge in [0.15, 0.2) is 11.5 Å². The summed E-state index contributed by atoms with van der Waals surface area (Å²) in [7, 11) is 3.04. The standard InChI is InChI=1S/C21H21F3N4O4/c1-30-17-7-6-14(11-18(17)31-2)26-19-12-16(27-20(28-19)25-8-9-29)13-4-3-5-15(10-13)32-21(22,23)24/h3-7,10-12,29H,8-9H2,1-2H3,(H2,25,26,27,28). The van der Waals surface area contributed by atoms with Crippen LogP contribution in [0.2, 0.25) is 0 Å². The molecule has 0 saturated carbocycles. The minimum Gasteiger partial charge on any atom is -0.493 e. The lowest BCUT2D eigenvalue weighted by Gasteiger charge is -2.14. The first-order valence-electron chi connectivity index (χ1n) is 9.40. The van der Waals surface area contributed by atoms with E-state index in [2.05, 4.69) is 25.3 Å². The summed E-state index contributed by atoms with van der Waals surface area (Å²) in [6.07, 6.45) is -4.81. The highest BCUT2D eigenvalue weighted by atomic mass is 19.4. The van der Waals surface area contributed by atoms with Gasteiger partial charge in [0.2, 0.25) is 5.95 Å². The summed E-state index contributed by atoms with van der Waals surface area (Å²) in [6, 6.07) is 12.2. The number of hydrogen-bond acceptors (Lipinski definition) is 8. The Kier molecular flexibility index (Phi) is 7.21. The quantitative estimate of drug-likeness (QED) is 0.446. The topological polar surface area (TPSA) is 97.8 Å². The van der Waals surface area contributed by atoms with Crippen molar-refractivity contribution < 1.29 is 32.5 Å². The van der Waals surface area contributed by atoms with Crippen molar-refractivity contribution in [3.63, 3.8) is 0 Å². The molecule has 0 aliphatic heterocycles. The average Bonchev–Trinajstić information content (AvgIpc) is 2.76. The van der Waals surface area contributed by atoms with Gasteiger partial charge < -0.3 is 30.0 Å². The van der Waals surface area contributed by atoms with Crippen LogP contribution < -0.4 is 24.8 Å². The van der Waals surface area contributed by atoms with E-state index in [4.69, 9.17) is 14.6 Å². The van der Waals surface area contributed by atoms with Crippen molar-refractivity contribution in [3.8, 4) is 28.5 Å². The van der Waals surface area contributed by atoms with Gasteiger partial charge in [-0.05, 0) is 24.3 Å². The minimum absolute atomic E-state index is 0.152. The molecule has 0 atom stereocenters. The second-order valence-corrected chi connectivity index (χ2v) is 6.38. The van der Waals surface area contributed by atoms with Gasteiger partial charge in [-0.1, -0.05) is 12.1 Å². The lowest BCUT2D eigenvalue weighted by atomic mass is 10.1. The van der Waals surface area contributed by atoms with Gasteiger partial charge in [-0.15, -0.1) is 13.2 Å². The minimum atomic E-state index is -4.81. The maximum Gasteiger partial charge on any atom is 0.573 e. The molecule has 0 unspecified atom stereocenters. The number of rotatable bonds is 9. The van der Waals surface area contributed by atoms with Crippen LogP contribution in [0, 0.1) is 0 Å². The first-order valence-corrected chi connectivity index (χ1v) is 9.40. The van der Waals surface area contributed by atoms with E-state index in [1.807, 2.05) is 0 Å². The zero-order chi connectivity index (χ0) is 23.1. The van der Waals surface area contributed by atoms with Crippen LogP contribution in [0.5, 0.6) is 17.2 Å². The van der Waals surface area contributed by atoms with Gasteiger partial charge in [-0.3, -0.25) is 0 Å². The summed E-state index contributed by atoms with van der Waals surface area (Å²) in [6.45, 7) is 0.0391. The van der Waals surface area contributed by atoms with Crippen LogP contribution in [0.25, 0.3) is 11.3 Å². The second kappa shape index (κ2) is 10.1. The monoisotopic (exact) mass is 450 g/mol. The Morgan fingerprint density at radius 1 is 0.969 bits per heavy atom. The number of nitrogens with one attached hydrogen (secondary N) is 2. The highest BCUT2D eigenvalue weighted by Crippen LogP contribution is 2.32. The molecule has 170 valence electrons. The van der Waals surface area contributed by atoms with Crippen molar-refractivity contribution in [2.24, 2.45) is 0 Å². The normalized spacial score (nSPS) is 11.1. The molecule has 0 saturated heterocycles. The Labute approximate surface area is 182 Å². The number of aromatic nitrogens is 2. The molecule has 0 amide bonds. The molecule has 3 aromatic rings. The van der Waals surface area contributed by atoms with Gasteiger partial charge in [0.05, 0.1) is 26.5 Å². The number of benzene rings is 2. The van der Waals surface area contributed by atoms with E-state index < -0.39 is 6.36 Å². The first kappa shape index (κ1) is 22.9. The van der Waals surface area contributed by atoms with Crippen molar-refractivity contribution >= 4 is 17.5 Å². The Bertz CT molecular complexity index is 1060. The number of nitrogens with zero attached hydrogens (tertiary/aromatic N) is 2. The molecule has 0 spiro atoms. The fourth-order valence-corrected chi connectivity index (χ4v) is 2.82. The predicted octanol–water partition coefficient (Wildman–Crippen LogP) is 4.21. The van der Waals surface area contributed by atoms with Gasteiger partial charge in [-0.25, -0.2) is 4.98 Å². The van der Waals surface area contributed by atoms with Crippen LogP contribution in [0.15, 0.2) is 48.5 Å². The Morgan fingerprint density at radius 2 is 1.75 bits per heavy atom. The summed E-state index contributed by atoms with van der Waals surface area (Å²) in [5, 5.41) is 15.1. The molecule has 2 aromatic carbocycles. The largest absolute Gasteiger partial charge is 0.573 e. The Hall–Kier alpha value is -3.73. The molecule has 1 aromatic heterocycles. The third-order valence-electron chi connectivity index (χ3n) is 4.14. The number of halogens is 3. The molecule has 8 nitrogen and oxygen atoms in total. The van der Waals surface area contributed by atoms with E-state index in [0.29, 0.717) is 34.3 Å². The molecular formula is C21H21F3N4O4. The second-order valence-electron chi connectivity index (χ2n) is 6.38. The molecule has 0 aliphatic carbocycles. The van der Waals surface area contributed by atoms with Gasteiger partial charge in [-0.2, -0.15) is 4.98 Å². The molecule has 3 N–H and O–H groups in total. The number of hydrogen-bond donors (Lipinski definition) is 3. The van der Waals surface area contributed by atoms with E-state index in [1.165, 1.54) is 32.4 Å². The van der Waals surface area contributed by atoms with Crippen molar-refractivity contribution in [2.75, 3.05) is 38.0 Å². The Balaban J connectivity index is 1.96. The van der Waals surface area contributed by atoms with Crippen molar-refractivity contribution in [3.05, 3.63) is 48.5 Å². The van der Waals surface area contributed by atoms with E-state index in [9.17, 15) is 13.2 Å².